The average Bonchev–Trinajstić information content (AvgIpc) is 2.65. The summed E-state index contributed by atoms with van der Waals surface area (Å²) in [5, 5.41) is 14.2. The van der Waals surface area contributed by atoms with Crippen molar-refractivity contribution >= 4 is 5.91 Å². The number of hydrogen-bond acceptors (Lipinski definition) is 3. The van der Waals surface area contributed by atoms with Gasteiger partial charge in [-0.3, -0.25) is 4.79 Å². The first-order valence-electron chi connectivity index (χ1n) is 10.9. The molecule has 4 nitrogen and oxygen atoms in total. The van der Waals surface area contributed by atoms with Crippen LogP contribution < -0.4 is 10.1 Å². The molecule has 1 aliphatic heterocycles. The third kappa shape index (κ3) is 4.22. The zero-order valence-corrected chi connectivity index (χ0v) is 18.3. The van der Waals surface area contributed by atoms with Gasteiger partial charge >= 0.3 is 0 Å². The molecular formula is C25H35NO3. The van der Waals surface area contributed by atoms with Crippen molar-refractivity contribution in [3.05, 3.63) is 47.1 Å². The van der Waals surface area contributed by atoms with E-state index in [0.717, 1.165) is 55.4 Å². The van der Waals surface area contributed by atoms with Crippen molar-refractivity contribution in [1.29, 1.82) is 0 Å². The molecule has 0 aromatic heterocycles. The number of aromatic hydroxyl groups is 1. The Morgan fingerprint density at radius 2 is 2.17 bits per heavy atom. The first-order chi connectivity index (χ1) is 13.8. The maximum absolute atomic E-state index is 12.9. The lowest BCUT2D eigenvalue weighted by molar-refractivity contribution is 0.0107. The highest BCUT2D eigenvalue weighted by Gasteiger charge is 2.46. The van der Waals surface area contributed by atoms with Crippen LogP contribution >= 0.6 is 0 Å². The van der Waals surface area contributed by atoms with Crippen LogP contribution in [0, 0.1) is 5.92 Å². The van der Waals surface area contributed by atoms with Gasteiger partial charge in [0, 0.05) is 23.9 Å². The van der Waals surface area contributed by atoms with E-state index in [1.807, 2.05) is 6.07 Å². The SMILES string of the molecule is C=CCNC(=O)c1c(CCCCC)cc2c(c1O)C1C=C(C)CCC1C(C)(C)O2. The highest BCUT2D eigenvalue weighted by molar-refractivity contribution is 5.99. The summed E-state index contributed by atoms with van der Waals surface area (Å²) in [4.78, 5) is 12.9. The predicted octanol–water partition coefficient (Wildman–Crippen LogP) is 5.65. The Morgan fingerprint density at radius 1 is 1.41 bits per heavy atom. The fraction of sp³-hybridized carbons (Fsp3) is 0.560. The minimum absolute atomic E-state index is 0.0677. The van der Waals surface area contributed by atoms with E-state index in [1.165, 1.54) is 5.57 Å². The minimum Gasteiger partial charge on any atom is -0.507 e. The van der Waals surface area contributed by atoms with Crippen LogP contribution in [0.2, 0.25) is 0 Å². The van der Waals surface area contributed by atoms with Crippen molar-refractivity contribution in [2.24, 2.45) is 5.92 Å². The molecule has 1 aromatic rings. The maximum Gasteiger partial charge on any atom is 0.255 e. The fourth-order valence-corrected chi connectivity index (χ4v) is 4.88. The summed E-state index contributed by atoms with van der Waals surface area (Å²) in [5.74, 6) is 0.922. The second kappa shape index (κ2) is 8.64. The van der Waals surface area contributed by atoms with Gasteiger partial charge in [-0.2, -0.15) is 0 Å². The summed E-state index contributed by atoms with van der Waals surface area (Å²) in [6.45, 7) is 12.6. The average molecular weight is 398 g/mol. The lowest BCUT2D eigenvalue weighted by Crippen LogP contribution is -2.45. The van der Waals surface area contributed by atoms with Gasteiger partial charge < -0.3 is 15.2 Å². The number of benzene rings is 1. The number of unbranched alkanes of at least 4 members (excludes halogenated alkanes) is 2. The number of phenolic OH excluding ortho intramolecular Hbond substituents is 1. The van der Waals surface area contributed by atoms with Gasteiger partial charge in [0.25, 0.3) is 5.91 Å². The number of rotatable bonds is 7. The minimum atomic E-state index is -0.311. The van der Waals surface area contributed by atoms with Crippen LogP contribution in [0.5, 0.6) is 11.5 Å². The van der Waals surface area contributed by atoms with E-state index >= 15 is 0 Å². The number of carbonyl (C=O) groups is 1. The molecule has 29 heavy (non-hydrogen) atoms. The van der Waals surface area contributed by atoms with E-state index in [0.29, 0.717) is 12.1 Å². The van der Waals surface area contributed by atoms with Crippen molar-refractivity contribution in [2.75, 3.05) is 6.54 Å². The van der Waals surface area contributed by atoms with Gasteiger partial charge in [0.15, 0.2) is 0 Å². The van der Waals surface area contributed by atoms with Gasteiger partial charge in [-0.1, -0.05) is 37.5 Å². The van der Waals surface area contributed by atoms with E-state index in [4.69, 9.17) is 4.74 Å². The van der Waals surface area contributed by atoms with Gasteiger partial charge in [0.05, 0.1) is 5.56 Å². The topological polar surface area (TPSA) is 58.6 Å². The molecule has 1 aromatic carbocycles. The fourth-order valence-electron chi connectivity index (χ4n) is 4.88. The number of allylic oxidation sites excluding steroid dienone is 2. The number of nitrogens with one attached hydrogen (secondary N) is 1. The number of carbonyl (C=O) groups excluding carboxylic acids is 1. The van der Waals surface area contributed by atoms with E-state index in [-0.39, 0.29) is 29.1 Å². The number of ether oxygens (including phenoxy) is 1. The molecule has 0 saturated carbocycles. The van der Waals surface area contributed by atoms with E-state index in [1.54, 1.807) is 6.08 Å². The number of amides is 1. The molecule has 1 aliphatic carbocycles. The molecule has 1 heterocycles. The third-order valence-corrected chi connectivity index (χ3v) is 6.41. The molecule has 2 unspecified atom stereocenters. The molecular weight excluding hydrogens is 362 g/mol. The molecule has 4 heteroatoms. The maximum atomic E-state index is 12.9. The molecule has 0 spiro atoms. The monoisotopic (exact) mass is 397 g/mol. The summed E-state index contributed by atoms with van der Waals surface area (Å²) < 4.78 is 6.43. The zero-order valence-electron chi connectivity index (χ0n) is 18.3. The van der Waals surface area contributed by atoms with Crippen LogP contribution in [0.25, 0.3) is 0 Å². The molecule has 0 radical (unpaired) electrons. The molecule has 158 valence electrons. The summed E-state index contributed by atoms with van der Waals surface area (Å²) in [7, 11) is 0. The number of aryl methyl sites for hydroxylation is 1. The summed E-state index contributed by atoms with van der Waals surface area (Å²) in [6.07, 6.45) is 9.90. The Labute approximate surface area is 175 Å². The Balaban J connectivity index is 2.14. The Bertz CT molecular complexity index is 822. The molecule has 2 N–H and O–H groups in total. The van der Waals surface area contributed by atoms with Crippen LogP contribution in [-0.4, -0.2) is 23.2 Å². The van der Waals surface area contributed by atoms with Crippen LogP contribution in [0.1, 0.15) is 87.2 Å². The Kier molecular flexibility index (Phi) is 6.40. The number of phenols is 1. The molecule has 3 rings (SSSR count). The quantitative estimate of drug-likeness (QED) is 0.461. The normalized spacial score (nSPS) is 22.0. The molecule has 0 fully saturated rings. The predicted molar refractivity (Wildman–Crippen MR) is 118 cm³/mol. The Hall–Kier alpha value is -2.23. The van der Waals surface area contributed by atoms with Crippen LogP contribution in [-0.2, 0) is 6.42 Å². The molecule has 1 amide bonds. The molecule has 2 atom stereocenters. The first-order valence-corrected chi connectivity index (χ1v) is 10.9. The second-order valence-corrected chi connectivity index (χ2v) is 9.02. The summed E-state index contributed by atoms with van der Waals surface area (Å²) in [6, 6.07) is 2.00. The summed E-state index contributed by atoms with van der Waals surface area (Å²) >= 11 is 0. The van der Waals surface area contributed by atoms with Crippen molar-refractivity contribution in [3.8, 4) is 11.5 Å². The highest BCUT2D eigenvalue weighted by atomic mass is 16.5. The van der Waals surface area contributed by atoms with Gasteiger partial charge in [0.2, 0.25) is 0 Å². The second-order valence-electron chi connectivity index (χ2n) is 9.02. The lowest BCUT2D eigenvalue weighted by Gasteiger charge is -2.46. The third-order valence-electron chi connectivity index (χ3n) is 6.41. The van der Waals surface area contributed by atoms with Crippen LogP contribution in [0.15, 0.2) is 30.4 Å². The number of hydrogen-bond donors (Lipinski definition) is 2. The van der Waals surface area contributed by atoms with Crippen molar-refractivity contribution in [2.45, 2.75) is 77.7 Å². The molecule has 0 bridgehead atoms. The smallest absolute Gasteiger partial charge is 0.255 e. The van der Waals surface area contributed by atoms with Gasteiger partial charge in [-0.15, -0.1) is 6.58 Å². The Morgan fingerprint density at radius 3 is 2.86 bits per heavy atom. The van der Waals surface area contributed by atoms with Crippen molar-refractivity contribution < 1.29 is 14.6 Å². The molecule has 2 aliphatic rings. The zero-order chi connectivity index (χ0) is 21.2. The van der Waals surface area contributed by atoms with Crippen LogP contribution in [0.3, 0.4) is 0 Å². The standard InChI is InChI=1S/C25H35NO3/c1-6-8-9-10-17-15-20-22(23(27)21(17)24(28)26-13-7-2)18-14-16(3)11-12-19(18)25(4,5)29-20/h7,14-15,18-19,27H,2,6,8-13H2,1,3-5H3,(H,26,28). The van der Waals surface area contributed by atoms with E-state index in [2.05, 4.69) is 45.7 Å². The van der Waals surface area contributed by atoms with E-state index < -0.39 is 0 Å². The van der Waals surface area contributed by atoms with Crippen molar-refractivity contribution in [1.82, 2.24) is 5.32 Å². The van der Waals surface area contributed by atoms with Crippen molar-refractivity contribution in [3.63, 3.8) is 0 Å². The highest BCUT2D eigenvalue weighted by Crippen LogP contribution is 2.54. The largest absolute Gasteiger partial charge is 0.507 e. The van der Waals surface area contributed by atoms with Gasteiger partial charge in [-0.05, 0) is 58.1 Å². The van der Waals surface area contributed by atoms with E-state index in [9.17, 15) is 9.90 Å². The molecule has 0 saturated heterocycles. The first kappa shape index (κ1) is 21.5. The number of fused-ring (bicyclic) bond motifs is 3. The van der Waals surface area contributed by atoms with Gasteiger partial charge in [0.1, 0.15) is 17.1 Å². The lowest BCUT2D eigenvalue weighted by atomic mass is 9.67. The van der Waals surface area contributed by atoms with Gasteiger partial charge in [-0.25, -0.2) is 0 Å². The van der Waals surface area contributed by atoms with Crippen LogP contribution in [0.4, 0.5) is 0 Å². The summed E-state index contributed by atoms with van der Waals surface area (Å²) in [5.41, 5.74) is 3.06.